The Bertz CT molecular complexity index is 868. The van der Waals surface area contributed by atoms with Crippen molar-refractivity contribution in [1.29, 1.82) is 0 Å². The SMILES string of the molecule is C=C(C)C(=O)OC(O)Cc1ccccc1-n1nc2ccccc2n1. The van der Waals surface area contributed by atoms with Crippen LogP contribution in [-0.4, -0.2) is 32.4 Å². The molecule has 0 spiro atoms. The van der Waals surface area contributed by atoms with Crippen molar-refractivity contribution in [3.8, 4) is 5.69 Å². The third-order valence-corrected chi connectivity index (χ3v) is 3.48. The molecule has 3 rings (SSSR count). The van der Waals surface area contributed by atoms with Crippen LogP contribution in [0.5, 0.6) is 0 Å². The molecule has 6 heteroatoms. The average molecular weight is 323 g/mol. The smallest absolute Gasteiger partial charge is 0.335 e. The molecule has 0 amide bonds. The Kier molecular flexibility index (Phi) is 4.39. The number of esters is 1. The lowest BCUT2D eigenvalue weighted by Gasteiger charge is -2.14. The normalized spacial score (nSPS) is 12.1. The molecule has 0 bridgehead atoms. The van der Waals surface area contributed by atoms with Crippen molar-refractivity contribution >= 4 is 17.0 Å². The zero-order valence-corrected chi connectivity index (χ0v) is 13.2. The number of nitrogens with zero attached hydrogens (tertiary/aromatic N) is 3. The van der Waals surface area contributed by atoms with Crippen molar-refractivity contribution in [2.75, 3.05) is 0 Å². The molecule has 3 aromatic rings. The first-order valence-corrected chi connectivity index (χ1v) is 7.49. The molecular formula is C18H17N3O3. The van der Waals surface area contributed by atoms with Gasteiger partial charge in [-0.25, -0.2) is 4.79 Å². The molecule has 0 aliphatic rings. The minimum atomic E-state index is -1.26. The fraction of sp³-hybridized carbons (Fsp3) is 0.167. The molecule has 1 heterocycles. The van der Waals surface area contributed by atoms with Gasteiger partial charge in [-0.05, 0) is 30.7 Å². The summed E-state index contributed by atoms with van der Waals surface area (Å²) >= 11 is 0. The maximum Gasteiger partial charge on any atom is 0.335 e. The van der Waals surface area contributed by atoms with E-state index >= 15 is 0 Å². The molecule has 0 fully saturated rings. The van der Waals surface area contributed by atoms with Crippen LogP contribution in [0.3, 0.4) is 0 Å². The number of aliphatic hydroxyl groups is 1. The predicted molar refractivity (Wildman–Crippen MR) is 89.5 cm³/mol. The van der Waals surface area contributed by atoms with E-state index in [9.17, 15) is 9.90 Å². The first-order valence-electron chi connectivity index (χ1n) is 7.49. The second kappa shape index (κ2) is 6.64. The molecule has 0 radical (unpaired) electrons. The van der Waals surface area contributed by atoms with E-state index in [1.165, 1.54) is 11.7 Å². The van der Waals surface area contributed by atoms with Gasteiger partial charge in [0.1, 0.15) is 11.0 Å². The quantitative estimate of drug-likeness (QED) is 0.443. The summed E-state index contributed by atoms with van der Waals surface area (Å²) in [5.74, 6) is -0.622. The second-order valence-corrected chi connectivity index (χ2v) is 5.45. The van der Waals surface area contributed by atoms with Crippen LogP contribution in [0.15, 0.2) is 60.7 Å². The molecule has 0 saturated heterocycles. The van der Waals surface area contributed by atoms with Gasteiger partial charge in [-0.1, -0.05) is 36.9 Å². The number of carbonyl (C=O) groups excluding carboxylic acids is 1. The monoisotopic (exact) mass is 323 g/mol. The number of hydrogen-bond acceptors (Lipinski definition) is 5. The number of fused-ring (bicyclic) bond motifs is 1. The lowest BCUT2D eigenvalue weighted by molar-refractivity contribution is -0.162. The molecule has 0 aliphatic carbocycles. The van der Waals surface area contributed by atoms with E-state index in [0.717, 1.165) is 22.3 Å². The summed E-state index contributed by atoms with van der Waals surface area (Å²) in [4.78, 5) is 13.0. The van der Waals surface area contributed by atoms with Gasteiger partial charge in [0.2, 0.25) is 6.29 Å². The third kappa shape index (κ3) is 3.33. The van der Waals surface area contributed by atoms with Crippen molar-refractivity contribution < 1.29 is 14.6 Å². The lowest BCUT2D eigenvalue weighted by Crippen LogP contribution is -2.21. The van der Waals surface area contributed by atoms with Crippen LogP contribution in [-0.2, 0) is 16.0 Å². The molecular weight excluding hydrogens is 306 g/mol. The molecule has 1 unspecified atom stereocenters. The fourth-order valence-electron chi connectivity index (χ4n) is 2.30. The summed E-state index contributed by atoms with van der Waals surface area (Å²) in [6.45, 7) is 5.02. The Morgan fingerprint density at radius 1 is 1.17 bits per heavy atom. The fourth-order valence-corrected chi connectivity index (χ4v) is 2.30. The minimum Gasteiger partial charge on any atom is -0.432 e. The molecule has 1 N–H and O–H groups in total. The maximum absolute atomic E-state index is 11.5. The van der Waals surface area contributed by atoms with Gasteiger partial charge in [-0.15, -0.1) is 10.2 Å². The average Bonchev–Trinajstić information content (AvgIpc) is 2.98. The summed E-state index contributed by atoms with van der Waals surface area (Å²) < 4.78 is 4.93. The van der Waals surface area contributed by atoms with E-state index in [4.69, 9.17) is 4.74 Å². The van der Waals surface area contributed by atoms with Gasteiger partial charge in [0.05, 0.1) is 5.69 Å². The number of ether oxygens (including phenoxy) is 1. The minimum absolute atomic E-state index is 0.132. The summed E-state index contributed by atoms with van der Waals surface area (Å²) in [6.07, 6.45) is -1.13. The van der Waals surface area contributed by atoms with Crippen LogP contribution in [0.25, 0.3) is 16.7 Å². The highest BCUT2D eigenvalue weighted by atomic mass is 16.6. The van der Waals surface area contributed by atoms with Crippen molar-refractivity contribution in [2.24, 2.45) is 0 Å². The highest BCUT2D eigenvalue weighted by Gasteiger charge is 2.16. The summed E-state index contributed by atoms with van der Waals surface area (Å²) in [5.41, 5.74) is 3.28. The number of para-hydroxylation sites is 1. The number of carbonyl (C=O) groups is 1. The van der Waals surface area contributed by atoms with E-state index in [-0.39, 0.29) is 12.0 Å². The third-order valence-electron chi connectivity index (χ3n) is 3.48. The van der Waals surface area contributed by atoms with E-state index < -0.39 is 12.3 Å². The van der Waals surface area contributed by atoms with Crippen LogP contribution in [0, 0.1) is 0 Å². The molecule has 1 aromatic heterocycles. The van der Waals surface area contributed by atoms with Crippen LogP contribution in [0.4, 0.5) is 0 Å². The lowest BCUT2D eigenvalue weighted by atomic mass is 10.1. The van der Waals surface area contributed by atoms with Crippen molar-refractivity contribution in [2.45, 2.75) is 19.6 Å². The van der Waals surface area contributed by atoms with Gasteiger partial charge in [0.25, 0.3) is 0 Å². The van der Waals surface area contributed by atoms with Crippen molar-refractivity contribution in [1.82, 2.24) is 15.0 Å². The first kappa shape index (κ1) is 15.9. The Morgan fingerprint density at radius 2 is 1.75 bits per heavy atom. The number of aromatic nitrogens is 3. The van der Waals surface area contributed by atoms with Gasteiger partial charge in [-0.3, -0.25) is 0 Å². The van der Waals surface area contributed by atoms with E-state index in [1.807, 2.05) is 48.5 Å². The van der Waals surface area contributed by atoms with Gasteiger partial charge >= 0.3 is 5.97 Å². The number of aliphatic hydroxyl groups excluding tert-OH is 1. The predicted octanol–water partition coefficient (Wildman–Crippen LogP) is 2.40. The second-order valence-electron chi connectivity index (χ2n) is 5.45. The molecule has 24 heavy (non-hydrogen) atoms. The van der Waals surface area contributed by atoms with E-state index in [0.29, 0.717) is 0 Å². The van der Waals surface area contributed by atoms with Crippen LogP contribution in [0.2, 0.25) is 0 Å². The molecule has 6 nitrogen and oxygen atoms in total. The Labute approximate surface area is 139 Å². The van der Waals surface area contributed by atoms with Crippen molar-refractivity contribution in [3.05, 3.63) is 66.2 Å². The number of hydrogen-bond donors (Lipinski definition) is 1. The molecule has 2 aromatic carbocycles. The zero-order valence-electron chi connectivity index (χ0n) is 13.2. The maximum atomic E-state index is 11.5. The molecule has 0 aliphatic heterocycles. The van der Waals surface area contributed by atoms with Crippen LogP contribution < -0.4 is 0 Å². The first-order chi connectivity index (χ1) is 11.5. The highest BCUT2D eigenvalue weighted by Crippen LogP contribution is 2.18. The largest absolute Gasteiger partial charge is 0.432 e. The highest BCUT2D eigenvalue weighted by molar-refractivity contribution is 5.87. The van der Waals surface area contributed by atoms with Crippen LogP contribution >= 0.6 is 0 Å². The summed E-state index contributed by atoms with van der Waals surface area (Å²) in [7, 11) is 0. The molecule has 1 atom stereocenters. The van der Waals surface area contributed by atoms with Gasteiger partial charge < -0.3 is 9.84 Å². The number of rotatable bonds is 5. The number of benzene rings is 2. The van der Waals surface area contributed by atoms with Gasteiger partial charge in [-0.2, -0.15) is 4.80 Å². The Balaban J connectivity index is 1.88. The summed E-state index contributed by atoms with van der Waals surface area (Å²) in [6, 6.07) is 14.9. The zero-order chi connectivity index (χ0) is 17.1. The van der Waals surface area contributed by atoms with E-state index in [1.54, 1.807) is 0 Å². The Hall–Kier alpha value is -2.99. The van der Waals surface area contributed by atoms with Gasteiger partial charge in [0.15, 0.2) is 0 Å². The topological polar surface area (TPSA) is 77.2 Å². The van der Waals surface area contributed by atoms with Crippen LogP contribution in [0.1, 0.15) is 12.5 Å². The van der Waals surface area contributed by atoms with E-state index in [2.05, 4.69) is 16.8 Å². The molecule has 0 saturated carbocycles. The van der Waals surface area contributed by atoms with Crippen molar-refractivity contribution in [3.63, 3.8) is 0 Å². The van der Waals surface area contributed by atoms with Gasteiger partial charge in [0, 0.05) is 12.0 Å². The standard InChI is InChI=1S/C18H17N3O3/c1-12(2)18(23)24-17(22)11-13-7-3-6-10-16(13)21-19-14-8-4-5-9-15(14)20-21/h3-10,17,22H,1,11H2,2H3. The summed E-state index contributed by atoms with van der Waals surface area (Å²) in [5, 5.41) is 18.9. The Morgan fingerprint density at radius 3 is 2.38 bits per heavy atom. The molecule has 122 valence electrons.